The maximum atomic E-state index is 6.17. The Morgan fingerprint density at radius 3 is 1.81 bits per heavy atom. The lowest BCUT2D eigenvalue weighted by Gasteiger charge is -2.15. The molecule has 0 N–H and O–H groups in total. The number of pyridine rings is 1. The maximum absolute atomic E-state index is 6.17. The fourth-order valence-corrected chi connectivity index (χ4v) is 5.61. The van der Waals surface area contributed by atoms with Crippen LogP contribution in [0.1, 0.15) is 0 Å². The molecule has 3 nitrogen and oxygen atoms in total. The van der Waals surface area contributed by atoms with E-state index >= 15 is 0 Å². The van der Waals surface area contributed by atoms with E-state index in [9.17, 15) is 0 Å². The van der Waals surface area contributed by atoms with Crippen LogP contribution >= 0.6 is 0 Å². The topological polar surface area (TPSA) is 38.9 Å². The van der Waals surface area contributed by atoms with Crippen LogP contribution in [0.15, 0.2) is 126 Å². The number of hydrogen-bond acceptors (Lipinski definition) is 3. The molecule has 2 heterocycles. The van der Waals surface area contributed by atoms with E-state index in [-0.39, 0.29) is 0 Å². The monoisotopic (exact) mass is 472 g/mol. The van der Waals surface area contributed by atoms with Gasteiger partial charge in [-0.1, -0.05) is 78.9 Å². The largest absolute Gasteiger partial charge is 0.436 e. The van der Waals surface area contributed by atoms with Crippen molar-refractivity contribution < 1.29 is 4.42 Å². The molecule has 0 unspecified atom stereocenters. The number of nitrogens with zero attached hydrogens (tertiary/aromatic N) is 2. The molecule has 0 aliphatic heterocycles. The molecular formula is C34H20N2O. The molecule has 0 radical (unpaired) electrons. The first kappa shape index (κ1) is 20.2. The molecule has 0 bridgehead atoms. The Hall–Kier alpha value is -5.02. The summed E-state index contributed by atoms with van der Waals surface area (Å²) >= 11 is 0. The summed E-state index contributed by atoms with van der Waals surface area (Å²) in [6.07, 6.45) is 3.67. The van der Waals surface area contributed by atoms with Gasteiger partial charge in [-0.05, 0) is 84.9 Å². The molecule has 0 amide bonds. The van der Waals surface area contributed by atoms with Gasteiger partial charge in [0.1, 0.15) is 5.52 Å². The smallest absolute Gasteiger partial charge is 0.227 e. The second-order valence-corrected chi connectivity index (χ2v) is 9.45. The van der Waals surface area contributed by atoms with Gasteiger partial charge in [-0.2, -0.15) is 0 Å². The third kappa shape index (κ3) is 3.08. The summed E-state index contributed by atoms with van der Waals surface area (Å²) in [4.78, 5) is 8.93. The van der Waals surface area contributed by atoms with E-state index in [2.05, 4.69) is 77.8 Å². The predicted octanol–water partition coefficient (Wildman–Crippen LogP) is 9.12. The zero-order valence-electron chi connectivity index (χ0n) is 19.8. The maximum Gasteiger partial charge on any atom is 0.227 e. The zero-order chi connectivity index (χ0) is 24.3. The molecule has 37 heavy (non-hydrogen) atoms. The normalized spacial score (nSPS) is 11.8. The molecule has 0 fully saturated rings. The Morgan fingerprint density at radius 2 is 1.08 bits per heavy atom. The highest BCUT2D eigenvalue weighted by molar-refractivity contribution is 6.27. The van der Waals surface area contributed by atoms with E-state index in [0.29, 0.717) is 5.89 Å². The Kier molecular flexibility index (Phi) is 4.23. The minimum atomic E-state index is 0.658. The van der Waals surface area contributed by atoms with Crippen LogP contribution in [0.2, 0.25) is 0 Å². The van der Waals surface area contributed by atoms with Crippen LogP contribution in [-0.2, 0) is 0 Å². The first-order chi connectivity index (χ1) is 18.3. The number of aromatic nitrogens is 2. The molecule has 0 aliphatic rings. The first-order valence-corrected chi connectivity index (χ1v) is 12.4. The van der Waals surface area contributed by atoms with Gasteiger partial charge in [-0.25, -0.2) is 4.98 Å². The summed E-state index contributed by atoms with van der Waals surface area (Å²) in [7, 11) is 0. The van der Waals surface area contributed by atoms with Crippen LogP contribution in [0.5, 0.6) is 0 Å². The van der Waals surface area contributed by atoms with E-state index in [1.165, 1.54) is 49.2 Å². The molecule has 6 aromatic carbocycles. The zero-order valence-corrected chi connectivity index (χ0v) is 19.8. The van der Waals surface area contributed by atoms with E-state index in [1.807, 2.05) is 48.8 Å². The van der Waals surface area contributed by atoms with Gasteiger partial charge in [0.25, 0.3) is 0 Å². The van der Waals surface area contributed by atoms with Gasteiger partial charge in [0, 0.05) is 18.0 Å². The second kappa shape index (κ2) is 7.74. The van der Waals surface area contributed by atoms with Crippen molar-refractivity contribution in [3.63, 3.8) is 0 Å². The second-order valence-electron chi connectivity index (χ2n) is 9.45. The van der Waals surface area contributed by atoms with Gasteiger partial charge < -0.3 is 4.42 Å². The number of rotatable bonds is 3. The molecular weight excluding hydrogens is 452 g/mol. The number of oxazole rings is 1. The van der Waals surface area contributed by atoms with Crippen molar-refractivity contribution in [3.05, 3.63) is 122 Å². The van der Waals surface area contributed by atoms with Gasteiger partial charge in [-0.15, -0.1) is 0 Å². The summed E-state index contributed by atoms with van der Waals surface area (Å²) < 4.78 is 6.17. The Labute approximate surface area is 213 Å². The van der Waals surface area contributed by atoms with Crippen LogP contribution in [0.25, 0.3) is 77.1 Å². The fraction of sp³-hybridized carbons (Fsp3) is 0. The van der Waals surface area contributed by atoms with Gasteiger partial charge in [0.05, 0.1) is 0 Å². The van der Waals surface area contributed by atoms with E-state index in [0.717, 1.165) is 22.0 Å². The molecule has 3 heteroatoms. The Balaban J connectivity index is 1.34. The summed E-state index contributed by atoms with van der Waals surface area (Å²) in [5, 5.41) is 7.40. The number of fused-ring (bicyclic) bond motifs is 1. The first-order valence-electron chi connectivity index (χ1n) is 12.4. The standard InChI is InChI=1S/C34H20N2O/c1-2-4-31-30(3-1)36-34(37-31)29-16-12-25-10-14-27-26(13-9-24-11-15-28(29)33(25)32(24)27)23-7-5-21(6-8-23)22-17-19-35-20-18-22/h1-20H. The summed E-state index contributed by atoms with van der Waals surface area (Å²) in [6, 6.07) is 38.5. The van der Waals surface area contributed by atoms with Crippen molar-refractivity contribution in [1.29, 1.82) is 0 Å². The van der Waals surface area contributed by atoms with E-state index in [1.54, 1.807) is 0 Å². The molecule has 0 spiro atoms. The lowest BCUT2D eigenvalue weighted by Crippen LogP contribution is -1.89. The van der Waals surface area contributed by atoms with Crippen molar-refractivity contribution in [2.75, 3.05) is 0 Å². The minimum Gasteiger partial charge on any atom is -0.436 e. The molecule has 0 saturated heterocycles. The third-order valence-corrected chi connectivity index (χ3v) is 7.40. The van der Waals surface area contributed by atoms with E-state index < -0.39 is 0 Å². The number of hydrogen-bond donors (Lipinski definition) is 0. The highest BCUT2D eigenvalue weighted by Gasteiger charge is 2.17. The van der Waals surface area contributed by atoms with Gasteiger partial charge in [0.2, 0.25) is 5.89 Å². The van der Waals surface area contributed by atoms with Gasteiger partial charge in [-0.3, -0.25) is 4.98 Å². The van der Waals surface area contributed by atoms with Gasteiger partial charge in [0.15, 0.2) is 5.58 Å². The van der Waals surface area contributed by atoms with Crippen molar-refractivity contribution in [2.24, 2.45) is 0 Å². The van der Waals surface area contributed by atoms with Gasteiger partial charge >= 0.3 is 0 Å². The Morgan fingerprint density at radius 1 is 0.486 bits per heavy atom. The predicted molar refractivity (Wildman–Crippen MR) is 152 cm³/mol. The SMILES string of the molecule is c1ccc2oc(-c3ccc4ccc5c(-c6ccc(-c7ccncc7)cc6)ccc6ccc3c4c65)nc2c1. The molecule has 8 rings (SSSR count). The van der Waals surface area contributed by atoms with E-state index in [4.69, 9.17) is 9.40 Å². The minimum absolute atomic E-state index is 0.658. The quantitative estimate of drug-likeness (QED) is 0.241. The molecule has 2 aromatic heterocycles. The average Bonchev–Trinajstić information content (AvgIpc) is 3.40. The van der Waals surface area contributed by atoms with Crippen molar-refractivity contribution in [2.45, 2.75) is 0 Å². The van der Waals surface area contributed by atoms with Crippen molar-refractivity contribution in [1.82, 2.24) is 9.97 Å². The molecule has 0 aliphatic carbocycles. The fourth-order valence-electron chi connectivity index (χ4n) is 5.61. The highest BCUT2D eigenvalue weighted by atomic mass is 16.3. The number of para-hydroxylation sites is 2. The summed E-state index contributed by atoms with van der Waals surface area (Å²) in [5.74, 6) is 0.658. The van der Waals surface area contributed by atoms with Crippen LogP contribution in [0, 0.1) is 0 Å². The lowest BCUT2D eigenvalue weighted by molar-refractivity contribution is 0.620. The van der Waals surface area contributed by atoms with Crippen LogP contribution < -0.4 is 0 Å². The molecule has 0 saturated carbocycles. The van der Waals surface area contributed by atoms with Crippen LogP contribution in [0.3, 0.4) is 0 Å². The van der Waals surface area contributed by atoms with Crippen LogP contribution in [-0.4, -0.2) is 9.97 Å². The average molecular weight is 473 g/mol. The summed E-state index contributed by atoms with van der Waals surface area (Å²) in [5.41, 5.74) is 7.49. The Bertz CT molecular complexity index is 2040. The van der Waals surface area contributed by atoms with Crippen LogP contribution in [0.4, 0.5) is 0 Å². The van der Waals surface area contributed by atoms with Crippen molar-refractivity contribution in [3.8, 4) is 33.7 Å². The molecule has 8 aromatic rings. The molecule has 0 atom stereocenters. The summed E-state index contributed by atoms with van der Waals surface area (Å²) in [6.45, 7) is 0. The molecule has 172 valence electrons. The van der Waals surface area contributed by atoms with Crippen molar-refractivity contribution >= 4 is 43.4 Å². The third-order valence-electron chi connectivity index (χ3n) is 7.40. The lowest BCUT2D eigenvalue weighted by atomic mass is 9.88. The highest BCUT2D eigenvalue weighted by Crippen LogP contribution is 2.42. The number of benzene rings is 6.